The van der Waals surface area contributed by atoms with Crippen LogP contribution in [0.5, 0.6) is 0 Å². The van der Waals surface area contributed by atoms with Crippen LogP contribution >= 0.6 is 0 Å². The summed E-state index contributed by atoms with van der Waals surface area (Å²) in [6, 6.07) is 0. The number of hydrogen-bond donors (Lipinski definition) is 2. The van der Waals surface area contributed by atoms with E-state index in [1.807, 2.05) is 20.8 Å². The first kappa shape index (κ1) is 14.2. The smallest absolute Gasteiger partial charge is 0.407 e. The zero-order chi connectivity index (χ0) is 12.1. The minimum Gasteiger partial charge on any atom is -0.444 e. The molecule has 0 aromatic rings. The standard InChI is InChI=1S/C11H24N2O2/c1-10(2,3)15-9(14)13-8-11(4,5)6-7-12/h6-8,12H2,1-5H3,(H,13,14). The van der Waals surface area contributed by atoms with Gasteiger partial charge in [-0.2, -0.15) is 0 Å². The summed E-state index contributed by atoms with van der Waals surface area (Å²) < 4.78 is 5.13. The largest absolute Gasteiger partial charge is 0.444 e. The SMILES string of the molecule is CC(C)(CCN)CNC(=O)OC(C)(C)C. The van der Waals surface area contributed by atoms with Crippen LogP contribution in [0.1, 0.15) is 41.0 Å². The second-order valence-corrected chi connectivity index (χ2v) is 5.56. The van der Waals surface area contributed by atoms with Crippen molar-refractivity contribution in [1.82, 2.24) is 5.32 Å². The number of nitrogens with two attached hydrogens (primary N) is 1. The molecule has 4 nitrogen and oxygen atoms in total. The van der Waals surface area contributed by atoms with Crippen LogP contribution < -0.4 is 11.1 Å². The number of carbonyl (C=O) groups excluding carboxylic acids is 1. The number of carbonyl (C=O) groups is 1. The minimum atomic E-state index is -0.442. The average Bonchev–Trinajstić information content (AvgIpc) is 1.98. The van der Waals surface area contributed by atoms with Gasteiger partial charge in [0.1, 0.15) is 5.60 Å². The van der Waals surface area contributed by atoms with Gasteiger partial charge in [0.25, 0.3) is 0 Å². The Morgan fingerprint density at radius 1 is 1.27 bits per heavy atom. The van der Waals surface area contributed by atoms with Crippen LogP contribution in [0, 0.1) is 5.41 Å². The predicted octanol–water partition coefficient (Wildman–Crippen LogP) is 1.89. The Morgan fingerprint density at radius 3 is 2.20 bits per heavy atom. The van der Waals surface area contributed by atoms with Crippen molar-refractivity contribution in [2.45, 2.75) is 46.6 Å². The maximum atomic E-state index is 11.3. The number of amides is 1. The third kappa shape index (κ3) is 8.24. The molecule has 0 saturated heterocycles. The Balaban J connectivity index is 3.90. The third-order valence-electron chi connectivity index (χ3n) is 1.93. The van der Waals surface area contributed by atoms with Crippen LogP contribution in [-0.2, 0) is 4.74 Å². The Hall–Kier alpha value is -0.770. The van der Waals surface area contributed by atoms with Crippen LogP contribution in [0.3, 0.4) is 0 Å². The van der Waals surface area contributed by atoms with Crippen molar-refractivity contribution in [1.29, 1.82) is 0 Å². The predicted molar refractivity (Wildman–Crippen MR) is 61.7 cm³/mol. The van der Waals surface area contributed by atoms with E-state index >= 15 is 0 Å². The lowest BCUT2D eigenvalue weighted by Crippen LogP contribution is -2.38. The molecule has 0 atom stereocenters. The third-order valence-corrected chi connectivity index (χ3v) is 1.93. The molecular formula is C11H24N2O2. The summed E-state index contributed by atoms with van der Waals surface area (Å²) in [5.41, 5.74) is 5.06. The first-order valence-corrected chi connectivity index (χ1v) is 5.33. The van der Waals surface area contributed by atoms with Crippen LogP contribution in [-0.4, -0.2) is 24.8 Å². The van der Waals surface area contributed by atoms with Crippen molar-refractivity contribution in [3.63, 3.8) is 0 Å². The molecule has 0 unspecified atom stereocenters. The average molecular weight is 216 g/mol. The maximum Gasteiger partial charge on any atom is 0.407 e. The summed E-state index contributed by atoms with van der Waals surface area (Å²) in [5, 5.41) is 2.75. The van der Waals surface area contributed by atoms with E-state index < -0.39 is 5.60 Å². The van der Waals surface area contributed by atoms with Gasteiger partial charge in [-0.05, 0) is 39.2 Å². The molecule has 0 aliphatic carbocycles. The summed E-state index contributed by atoms with van der Waals surface area (Å²) in [6.45, 7) is 10.9. The van der Waals surface area contributed by atoms with Crippen molar-refractivity contribution in [3.05, 3.63) is 0 Å². The molecule has 0 aromatic carbocycles. The van der Waals surface area contributed by atoms with Gasteiger partial charge in [0, 0.05) is 6.54 Å². The van der Waals surface area contributed by atoms with E-state index in [0.29, 0.717) is 13.1 Å². The van der Waals surface area contributed by atoms with E-state index in [1.54, 1.807) is 0 Å². The fourth-order valence-corrected chi connectivity index (χ4v) is 1.10. The van der Waals surface area contributed by atoms with Gasteiger partial charge < -0.3 is 15.8 Å². The number of alkyl carbamates (subject to hydrolysis) is 1. The summed E-state index contributed by atoms with van der Waals surface area (Å²) in [6.07, 6.45) is 0.510. The molecule has 0 bridgehead atoms. The Morgan fingerprint density at radius 2 is 1.80 bits per heavy atom. The highest BCUT2D eigenvalue weighted by Crippen LogP contribution is 2.17. The van der Waals surface area contributed by atoms with Crippen LogP contribution in [0.2, 0.25) is 0 Å². The Bertz CT molecular complexity index is 207. The number of nitrogens with one attached hydrogen (secondary N) is 1. The molecule has 3 N–H and O–H groups in total. The Labute approximate surface area is 92.6 Å². The fraction of sp³-hybridized carbons (Fsp3) is 0.909. The maximum absolute atomic E-state index is 11.3. The van der Waals surface area contributed by atoms with Gasteiger partial charge in [-0.1, -0.05) is 13.8 Å². The van der Waals surface area contributed by atoms with Gasteiger partial charge in [-0.3, -0.25) is 0 Å². The molecule has 15 heavy (non-hydrogen) atoms. The number of ether oxygens (including phenoxy) is 1. The second kappa shape index (κ2) is 5.35. The molecule has 0 heterocycles. The van der Waals surface area contributed by atoms with E-state index in [9.17, 15) is 4.79 Å². The second-order valence-electron chi connectivity index (χ2n) is 5.56. The zero-order valence-electron chi connectivity index (χ0n) is 10.5. The lowest BCUT2D eigenvalue weighted by molar-refractivity contribution is 0.0505. The van der Waals surface area contributed by atoms with Crippen LogP contribution in [0.25, 0.3) is 0 Å². The van der Waals surface area contributed by atoms with Gasteiger partial charge in [0.05, 0.1) is 0 Å². The molecule has 0 aliphatic rings. The first-order chi connectivity index (χ1) is 6.66. The molecule has 0 spiro atoms. The topological polar surface area (TPSA) is 64.3 Å². The van der Waals surface area contributed by atoms with Crippen molar-refractivity contribution >= 4 is 6.09 Å². The van der Waals surface area contributed by atoms with Crippen molar-refractivity contribution < 1.29 is 9.53 Å². The minimum absolute atomic E-state index is 0.0195. The molecule has 0 fully saturated rings. The van der Waals surface area contributed by atoms with E-state index in [4.69, 9.17) is 10.5 Å². The number of hydrogen-bond acceptors (Lipinski definition) is 3. The van der Waals surface area contributed by atoms with Crippen LogP contribution in [0.15, 0.2) is 0 Å². The zero-order valence-corrected chi connectivity index (χ0v) is 10.5. The van der Waals surface area contributed by atoms with Gasteiger partial charge in [0.2, 0.25) is 0 Å². The van der Waals surface area contributed by atoms with Crippen LogP contribution in [0.4, 0.5) is 4.79 Å². The van der Waals surface area contributed by atoms with Crippen molar-refractivity contribution in [2.75, 3.05) is 13.1 Å². The molecule has 90 valence electrons. The highest BCUT2D eigenvalue weighted by atomic mass is 16.6. The highest BCUT2D eigenvalue weighted by Gasteiger charge is 2.20. The molecule has 0 saturated carbocycles. The monoisotopic (exact) mass is 216 g/mol. The molecule has 4 heteroatoms. The molecular weight excluding hydrogens is 192 g/mol. The molecule has 0 radical (unpaired) electrons. The molecule has 0 aromatic heterocycles. The fourth-order valence-electron chi connectivity index (χ4n) is 1.10. The molecule has 0 rings (SSSR count). The highest BCUT2D eigenvalue weighted by molar-refractivity contribution is 5.67. The quantitative estimate of drug-likeness (QED) is 0.754. The first-order valence-electron chi connectivity index (χ1n) is 5.33. The van der Waals surface area contributed by atoms with Gasteiger partial charge in [0.15, 0.2) is 0 Å². The van der Waals surface area contributed by atoms with Gasteiger partial charge >= 0.3 is 6.09 Å². The Kier molecular flexibility index (Phi) is 5.08. The van der Waals surface area contributed by atoms with Crippen molar-refractivity contribution in [2.24, 2.45) is 11.1 Å². The van der Waals surface area contributed by atoms with Gasteiger partial charge in [-0.15, -0.1) is 0 Å². The van der Waals surface area contributed by atoms with Crippen molar-refractivity contribution in [3.8, 4) is 0 Å². The lowest BCUT2D eigenvalue weighted by Gasteiger charge is -2.26. The normalized spacial score (nSPS) is 12.4. The van der Waals surface area contributed by atoms with E-state index in [-0.39, 0.29) is 11.5 Å². The van der Waals surface area contributed by atoms with E-state index in [1.165, 1.54) is 0 Å². The molecule has 1 amide bonds. The summed E-state index contributed by atoms with van der Waals surface area (Å²) in [7, 11) is 0. The number of rotatable bonds is 4. The van der Waals surface area contributed by atoms with E-state index in [2.05, 4.69) is 19.2 Å². The van der Waals surface area contributed by atoms with Gasteiger partial charge in [-0.25, -0.2) is 4.79 Å². The summed E-state index contributed by atoms with van der Waals surface area (Å²) in [5.74, 6) is 0. The molecule has 0 aliphatic heterocycles. The summed E-state index contributed by atoms with van der Waals surface area (Å²) in [4.78, 5) is 11.3. The lowest BCUT2D eigenvalue weighted by atomic mass is 9.89. The summed E-state index contributed by atoms with van der Waals surface area (Å²) >= 11 is 0. The van der Waals surface area contributed by atoms with E-state index in [0.717, 1.165) is 6.42 Å².